The number of nitrogens with zero attached hydrogens (tertiary/aromatic N) is 2. The number of nitrogens with one attached hydrogen (secondary N) is 1. The lowest BCUT2D eigenvalue weighted by Gasteiger charge is -1.94. The summed E-state index contributed by atoms with van der Waals surface area (Å²) in [7, 11) is 0. The summed E-state index contributed by atoms with van der Waals surface area (Å²) in [5.74, 6) is 0.463. The van der Waals surface area contributed by atoms with Crippen molar-refractivity contribution in [2.45, 2.75) is 0 Å². The number of H-pyrrole nitrogens is 1. The Morgan fingerprint density at radius 3 is 2.77 bits per heavy atom. The molecule has 3 N–H and O–H groups in total. The summed E-state index contributed by atoms with van der Waals surface area (Å²) in [6.07, 6.45) is 1.66. The third-order valence-electron chi connectivity index (χ3n) is 1.64. The molecule has 0 fully saturated rings. The van der Waals surface area contributed by atoms with Gasteiger partial charge in [0.2, 0.25) is 0 Å². The van der Waals surface area contributed by atoms with Gasteiger partial charge in [-0.1, -0.05) is 11.6 Å². The van der Waals surface area contributed by atoms with E-state index in [1.165, 1.54) is 0 Å². The van der Waals surface area contributed by atoms with Crippen LogP contribution in [0.25, 0.3) is 11.3 Å². The zero-order valence-electron chi connectivity index (χ0n) is 6.66. The molecule has 0 spiro atoms. The van der Waals surface area contributed by atoms with Crippen LogP contribution in [0.2, 0.25) is 5.15 Å². The lowest BCUT2D eigenvalue weighted by Crippen LogP contribution is -1.81. The Balaban J connectivity index is 2.41. The van der Waals surface area contributed by atoms with Crippen molar-refractivity contribution in [3.63, 3.8) is 0 Å². The van der Waals surface area contributed by atoms with E-state index in [-0.39, 0.29) is 0 Å². The average Bonchev–Trinajstić information content (AvgIpc) is 2.53. The summed E-state index contributed by atoms with van der Waals surface area (Å²) >= 11 is 5.64. The molecule has 2 aromatic rings. The van der Waals surface area contributed by atoms with E-state index in [1.807, 2.05) is 6.07 Å². The van der Waals surface area contributed by atoms with Crippen molar-refractivity contribution in [2.75, 3.05) is 5.73 Å². The predicted octanol–water partition coefficient (Wildman–Crippen LogP) is 1.71. The normalized spacial score (nSPS) is 10.2. The van der Waals surface area contributed by atoms with E-state index in [0.717, 1.165) is 11.3 Å². The molecule has 66 valence electrons. The van der Waals surface area contributed by atoms with Gasteiger partial charge in [-0.2, -0.15) is 5.10 Å². The number of nitrogens with two attached hydrogens (primary N) is 1. The number of aromatic amines is 1. The Morgan fingerprint density at radius 1 is 1.38 bits per heavy atom. The van der Waals surface area contributed by atoms with Crippen molar-refractivity contribution in [3.8, 4) is 11.3 Å². The molecule has 0 radical (unpaired) electrons. The highest BCUT2D eigenvalue weighted by atomic mass is 35.5. The zero-order valence-corrected chi connectivity index (χ0v) is 7.42. The number of anilines is 1. The van der Waals surface area contributed by atoms with E-state index in [2.05, 4.69) is 15.2 Å². The van der Waals surface area contributed by atoms with Crippen LogP contribution in [0.3, 0.4) is 0 Å². The fourth-order valence-corrected chi connectivity index (χ4v) is 1.13. The zero-order chi connectivity index (χ0) is 9.26. The molecule has 0 aliphatic carbocycles. The first-order valence-corrected chi connectivity index (χ1v) is 4.06. The minimum atomic E-state index is 0.463. The average molecular weight is 195 g/mol. The lowest BCUT2D eigenvalue weighted by molar-refractivity contribution is 1.10. The number of hydrogen-bond donors (Lipinski definition) is 2. The molecule has 0 atom stereocenters. The standard InChI is InChI=1S/C8H7ClN4/c9-7-2-1-5(4-11-7)6-3-8(10)13-12-6/h1-4H,(H3,10,12,13). The molecule has 0 amide bonds. The summed E-state index contributed by atoms with van der Waals surface area (Å²) in [4.78, 5) is 3.94. The van der Waals surface area contributed by atoms with Crippen molar-refractivity contribution in [3.05, 3.63) is 29.5 Å². The van der Waals surface area contributed by atoms with E-state index in [0.29, 0.717) is 11.0 Å². The van der Waals surface area contributed by atoms with E-state index in [4.69, 9.17) is 17.3 Å². The number of halogens is 1. The van der Waals surface area contributed by atoms with Crippen molar-refractivity contribution in [1.29, 1.82) is 0 Å². The summed E-state index contributed by atoms with van der Waals surface area (Å²) in [5.41, 5.74) is 7.20. The van der Waals surface area contributed by atoms with Gasteiger partial charge >= 0.3 is 0 Å². The molecule has 0 aromatic carbocycles. The Kier molecular flexibility index (Phi) is 1.90. The fourth-order valence-electron chi connectivity index (χ4n) is 1.02. The van der Waals surface area contributed by atoms with Crippen LogP contribution in [0.1, 0.15) is 0 Å². The molecule has 0 unspecified atom stereocenters. The largest absolute Gasteiger partial charge is 0.382 e. The topological polar surface area (TPSA) is 67.6 Å². The number of hydrogen-bond acceptors (Lipinski definition) is 3. The first-order chi connectivity index (χ1) is 6.25. The van der Waals surface area contributed by atoms with Crippen LogP contribution >= 0.6 is 11.6 Å². The highest BCUT2D eigenvalue weighted by Gasteiger charge is 2.00. The van der Waals surface area contributed by atoms with Gasteiger partial charge in [-0.15, -0.1) is 0 Å². The summed E-state index contributed by atoms with van der Waals surface area (Å²) in [6, 6.07) is 5.31. The van der Waals surface area contributed by atoms with E-state index >= 15 is 0 Å². The molecule has 2 aromatic heterocycles. The highest BCUT2D eigenvalue weighted by Crippen LogP contribution is 2.18. The van der Waals surface area contributed by atoms with Crippen LogP contribution in [-0.2, 0) is 0 Å². The highest BCUT2D eigenvalue weighted by molar-refractivity contribution is 6.29. The molecule has 0 aliphatic heterocycles. The number of nitrogen functional groups attached to an aromatic ring is 1. The second-order valence-corrected chi connectivity index (χ2v) is 2.96. The molecule has 0 saturated carbocycles. The maximum atomic E-state index is 5.64. The van der Waals surface area contributed by atoms with Gasteiger partial charge in [-0.3, -0.25) is 5.10 Å². The smallest absolute Gasteiger partial charge is 0.145 e. The monoisotopic (exact) mass is 194 g/mol. The van der Waals surface area contributed by atoms with Crippen LogP contribution in [0.4, 0.5) is 5.82 Å². The molecular formula is C8H7ClN4. The van der Waals surface area contributed by atoms with Gasteiger partial charge in [0.05, 0.1) is 5.69 Å². The second-order valence-electron chi connectivity index (χ2n) is 2.58. The van der Waals surface area contributed by atoms with Crippen molar-refractivity contribution < 1.29 is 0 Å². The predicted molar refractivity (Wildman–Crippen MR) is 51.2 cm³/mol. The molecule has 0 aliphatic rings. The molecule has 5 heteroatoms. The molecule has 13 heavy (non-hydrogen) atoms. The van der Waals surface area contributed by atoms with Crippen molar-refractivity contribution >= 4 is 17.4 Å². The number of rotatable bonds is 1. The van der Waals surface area contributed by atoms with Crippen LogP contribution in [0, 0.1) is 0 Å². The van der Waals surface area contributed by atoms with E-state index in [9.17, 15) is 0 Å². The van der Waals surface area contributed by atoms with Gasteiger partial charge in [0.15, 0.2) is 0 Å². The van der Waals surface area contributed by atoms with Crippen LogP contribution < -0.4 is 5.73 Å². The lowest BCUT2D eigenvalue weighted by atomic mass is 10.2. The van der Waals surface area contributed by atoms with Gasteiger partial charge < -0.3 is 5.73 Å². The SMILES string of the molecule is Nc1cc(-c2ccc(Cl)nc2)[nH]n1. The Morgan fingerprint density at radius 2 is 2.23 bits per heavy atom. The van der Waals surface area contributed by atoms with E-state index < -0.39 is 0 Å². The maximum Gasteiger partial charge on any atom is 0.145 e. The number of aromatic nitrogens is 3. The quantitative estimate of drug-likeness (QED) is 0.679. The molecule has 0 bridgehead atoms. The van der Waals surface area contributed by atoms with Gasteiger partial charge in [0.1, 0.15) is 11.0 Å². The van der Waals surface area contributed by atoms with Crippen LogP contribution in [0.15, 0.2) is 24.4 Å². The van der Waals surface area contributed by atoms with Gasteiger partial charge in [-0.25, -0.2) is 4.98 Å². The van der Waals surface area contributed by atoms with Gasteiger partial charge in [0, 0.05) is 17.8 Å². The Hall–Kier alpha value is -1.55. The third-order valence-corrected chi connectivity index (χ3v) is 1.86. The summed E-state index contributed by atoms with van der Waals surface area (Å²) in [5, 5.41) is 7.06. The Bertz CT molecular complexity index is 406. The van der Waals surface area contributed by atoms with Gasteiger partial charge in [0.25, 0.3) is 0 Å². The van der Waals surface area contributed by atoms with Crippen molar-refractivity contribution in [1.82, 2.24) is 15.2 Å². The fraction of sp³-hybridized carbons (Fsp3) is 0. The first-order valence-electron chi connectivity index (χ1n) is 3.68. The van der Waals surface area contributed by atoms with Crippen LogP contribution in [-0.4, -0.2) is 15.2 Å². The van der Waals surface area contributed by atoms with Crippen LogP contribution in [0.5, 0.6) is 0 Å². The maximum absolute atomic E-state index is 5.64. The number of pyridine rings is 1. The minimum absolute atomic E-state index is 0.463. The first kappa shape index (κ1) is 8.07. The van der Waals surface area contributed by atoms with Crippen molar-refractivity contribution in [2.24, 2.45) is 0 Å². The summed E-state index contributed by atoms with van der Waals surface area (Å²) in [6.45, 7) is 0. The third kappa shape index (κ3) is 1.62. The second kappa shape index (κ2) is 3.06. The minimum Gasteiger partial charge on any atom is -0.382 e. The molecule has 2 rings (SSSR count). The molecular weight excluding hydrogens is 188 g/mol. The molecule has 2 heterocycles. The molecule has 0 saturated heterocycles. The Labute approximate surface area is 79.7 Å². The summed E-state index contributed by atoms with van der Waals surface area (Å²) < 4.78 is 0. The van der Waals surface area contributed by atoms with E-state index in [1.54, 1.807) is 18.3 Å². The van der Waals surface area contributed by atoms with Gasteiger partial charge in [-0.05, 0) is 12.1 Å². The molecule has 4 nitrogen and oxygen atoms in total.